The Labute approximate surface area is 145 Å². The summed E-state index contributed by atoms with van der Waals surface area (Å²) in [7, 11) is 0. The number of carbonyl (C=O) groups excluding carboxylic acids is 1. The van der Waals surface area contributed by atoms with E-state index >= 15 is 0 Å². The lowest BCUT2D eigenvalue weighted by Crippen LogP contribution is -2.46. The second kappa shape index (κ2) is 8.28. The van der Waals surface area contributed by atoms with Crippen LogP contribution in [0, 0.1) is 0 Å². The van der Waals surface area contributed by atoms with Gasteiger partial charge in [0.2, 0.25) is 0 Å². The van der Waals surface area contributed by atoms with Gasteiger partial charge in [0.15, 0.2) is 0 Å². The molecule has 1 aliphatic heterocycles. The third-order valence-electron chi connectivity index (χ3n) is 4.03. The number of carbonyl (C=O) groups is 1. The smallest absolute Gasteiger partial charge is 0.318 e. The molecule has 24 heavy (non-hydrogen) atoms. The highest BCUT2D eigenvalue weighted by atomic mass is 32.1. The topological polar surface area (TPSA) is 61.8 Å². The molecule has 0 saturated carbocycles. The maximum absolute atomic E-state index is 12.7. The number of benzene rings is 1. The van der Waals surface area contributed by atoms with Gasteiger partial charge >= 0.3 is 6.03 Å². The Hall–Kier alpha value is -1.89. The number of hydrogen-bond donors (Lipinski definition) is 2. The van der Waals surface area contributed by atoms with Crippen molar-refractivity contribution >= 4 is 17.4 Å². The predicted octanol–water partition coefficient (Wildman–Crippen LogP) is 2.78. The predicted molar refractivity (Wildman–Crippen MR) is 93.9 cm³/mol. The quantitative estimate of drug-likeness (QED) is 0.845. The van der Waals surface area contributed by atoms with Crippen LogP contribution >= 0.6 is 11.3 Å². The van der Waals surface area contributed by atoms with Gasteiger partial charge in [-0.1, -0.05) is 36.4 Å². The van der Waals surface area contributed by atoms with Gasteiger partial charge in [0.05, 0.1) is 19.2 Å². The van der Waals surface area contributed by atoms with Crippen LogP contribution in [0.3, 0.4) is 0 Å². The highest BCUT2D eigenvalue weighted by molar-refractivity contribution is 7.10. The van der Waals surface area contributed by atoms with Gasteiger partial charge in [-0.2, -0.15) is 0 Å². The van der Waals surface area contributed by atoms with E-state index in [2.05, 4.69) is 5.32 Å². The summed E-state index contributed by atoms with van der Waals surface area (Å²) >= 11 is 1.50. The van der Waals surface area contributed by atoms with Crippen molar-refractivity contribution in [3.8, 4) is 0 Å². The summed E-state index contributed by atoms with van der Waals surface area (Å²) in [5.41, 5.74) is 1.04. The van der Waals surface area contributed by atoms with Crippen LogP contribution in [-0.4, -0.2) is 41.8 Å². The molecule has 1 aromatic heterocycles. The number of nitrogens with one attached hydrogen (secondary N) is 1. The molecule has 1 aliphatic rings. The molecule has 2 heterocycles. The Morgan fingerprint density at radius 2 is 2.17 bits per heavy atom. The maximum Gasteiger partial charge on any atom is 0.318 e. The summed E-state index contributed by atoms with van der Waals surface area (Å²) in [6, 6.07) is 13.5. The molecule has 2 aromatic rings. The SMILES string of the molecule is O=C(NC1CCOC1)N(Cc1ccccc1)CC(O)c1cccs1. The molecule has 2 atom stereocenters. The minimum absolute atomic E-state index is 0.0506. The molecule has 3 rings (SSSR count). The van der Waals surface area contributed by atoms with Gasteiger partial charge in [-0.05, 0) is 23.4 Å². The van der Waals surface area contributed by atoms with Crippen LogP contribution in [0.25, 0.3) is 0 Å². The van der Waals surface area contributed by atoms with Crippen molar-refractivity contribution in [2.45, 2.75) is 25.1 Å². The fourth-order valence-electron chi connectivity index (χ4n) is 2.72. The number of hydrogen-bond acceptors (Lipinski definition) is 4. The molecule has 1 aromatic carbocycles. The first-order valence-corrected chi connectivity index (χ1v) is 8.99. The van der Waals surface area contributed by atoms with Crippen molar-refractivity contribution in [3.05, 3.63) is 58.3 Å². The van der Waals surface area contributed by atoms with Crippen LogP contribution in [-0.2, 0) is 11.3 Å². The third kappa shape index (κ3) is 4.56. The van der Waals surface area contributed by atoms with Gasteiger partial charge in [-0.3, -0.25) is 0 Å². The lowest BCUT2D eigenvalue weighted by molar-refractivity contribution is 0.118. The molecule has 0 radical (unpaired) electrons. The van der Waals surface area contributed by atoms with E-state index in [-0.39, 0.29) is 18.6 Å². The van der Waals surface area contributed by atoms with E-state index in [4.69, 9.17) is 4.74 Å². The zero-order valence-electron chi connectivity index (χ0n) is 13.4. The molecule has 0 spiro atoms. The van der Waals surface area contributed by atoms with Gasteiger partial charge in [-0.25, -0.2) is 4.79 Å². The summed E-state index contributed by atoms with van der Waals surface area (Å²) in [6.07, 6.45) is 0.151. The third-order valence-corrected chi connectivity index (χ3v) is 5.00. The number of thiophene rings is 1. The summed E-state index contributed by atoms with van der Waals surface area (Å²) in [6.45, 7) is 1.96. The number of nitrogens with zero attached hydrogens (tertiary/aromatic N) is 1. The number of aliphatic hydroxyl groups excluding tert-OH is 1. The molecule has 2 unspecified atom stereocenters. The van der Waals surface area contributed by atoms with Crippen molar-refractivity contribution in [2.75, 3.05) is 19.8 Å². The van der Waals surface area contributed by atoms with E-state index in [0.717, 1.165) is 16.9 Å². The number of urea groups is 1. The minimum Gasteiger partial charge on any atom is -0.386 e. The molecule has 0 bridgehead atoms. The first kappa shape index (κ1) is 17.0. The van der Waals surface area contributed by atoms with Crippen molar-refractivity contribution in [1.82, 2.24) is 10.2 Å². The summed E-state index contributed by atoms with van der Waals surface area (Å²) in [5, 5.41) is 15.4. The monoisotopic (exact) mass is 346 g/mol. The van der Waals surface area contributed by atoms with Gasteiger partial charge < -0.3 is 20.1 Å². The van der Waals surface area contributed by atoms with Crippen molar-refractivity contribution in [1.29, 1.82) is 0 Å². The minimum atomic E-state index is -0.681. The molecule has 1 saturated heterocycles. The maximum atomic E-state index is 12.7. The zero-order chi connectivity index (χ0) is 16.8. The fourth-order valence-corrected chi connectivity index (χ4v) is 3.42. The van der Waals surface area contributed by atoms with Crippen molar-refractivity contribution in [3.63, 3.8) is 0 Å². The Kier molecular flexibility index (Phi) is 5.85. The standard InChI is InChI=1S/C18H22N2O3S/c21-16(17-7-4-10-24-17)12-20(11-14-5-2-1-3-6-14)18(22)19-15-8-9-23-13-15/h1-7,10,15-16,21H,8-9,11-13H2,(H,19,22). The highest BCUT2D eigenvalue weighted by Gasteiger charge is 2.24. The molecule has 1 fully saturated rings. The van der Waals surface area contributed by atoms with E-state index in [1.54, 1.807) is 4.90 Å². The molecule has 5 nitrogen and oxygen atoms in total. The van der Waals surface area contributed by atoms with E-state index in [0.29, 0.717) is 19.8 Å². The highest BCUT2D eigenvalue weighted by Crippen LogP contribution is 2.21. The average Bonchev–Trinajstić information content (AvgIpc) is 3.29. The second-order valence-electron chi connectivity index (χ2n) is 5.91. The van der Waals surface area contributed by atoms with Gasteiger partial charge in [0.1, 0.15) is 6.10 Å². The van der Waals surface area contributed by atoms with E-state index in [1.165, 1.54) is 11.3 Å². The molecular weight excluding hydrogens is 324 g/mol. The first-order chi connectivity index (χ1) is 11.7. The summed E-state index contributed by atoms with van der Waals surface area (Å²) in [5.74, 6) is 0. The number of amides is 2. The molecule has 128 valence electrons. The Balaban J connectivity index is 1.68. The summed E-state index contributed by atoms with van der Waals surface area (Å²) in [4.78, 5) is 15.2. The zero-order valence-corrected chi connectivity index (χ0v) is 14.2. The molecule has 2 N–H and O–H groups in total. The lowest BCUT2D eigenvalue weighted by Gasteiger charge is -2.27. The van der Waals surface area contributed by atoms with E-state index in [1.807, 2.05) is 47.8 Å². The van der Waals surface area contributed by atoms with Crippen LogP contribution < -0.4 is 5.32 Å². The fraction of sp³-hybridized carbons (Fsp3) is 0.389. The van der Waals surface area contributed by atoms with E-state index < -0.39 is 6.10 Å². The molecule has 0 aliphatic carbocycles. The number of ether oxygens (including phenoxy) is 1. The molecule has 2 amide bonds. The van der Waals surface area contributed by atoms with Crippen LogP contribution in [0.2, 0.25) is 0 Å². The first-order valence-electron chi connectivity index (χ1n) is 8.11. The molecule has 6 heteroatoms. The Bertz CT molecular complexity index is 627. The van der Waals surface area contributed by atoms with Crippen LogP contribution in [0.5, 0.6) is 0 Å². The molecular formula is C18H22N2O3S. The normalized spacial score (nSPS) is 18.3. The van der Waals surface area contributed by atoms with Crippen molar-refractivity contribution in [2.24, 2.45) is 0 Å². The van der Waals surface area contributed by atoms with E-state index in [9.17, 15) is 9.90 Å². The van der Waals surface area contributed by atoms with Gasteiger partial charge in [0.25, 0.3) is 0 Å². The second-order valence-corrected chi connectivity index (χ2v) is 6.89. The number of aliphatic hydroxyl groups is 1. The van der Waals surface area contributed by atoms with Gasteiger partial charge in [0, 0.05) is 18.0 Å². The van der Waals surface area contributed by atoms with Crippen LogP contribution in [0.4, 0.5) is 4.79 Å². The lowest BCUT2D eigenvalue weighted by atomic mass is 10.2. The van der Waals surface area contributed by atoms with Crippen LogP contribution in [0.15, 0.2) is 47.8 Å². The number of rotatable bonds is 6. The average molecular weight is 346 g/mol. The van der Waals surface area contributed by atoms with Gasteiger partial charge in [-0.15, -0.1) is 11.3 Å². The van der Waals surface area contributed by atoms with Crippen LogP contribution in [0.1, 0.15) is 23.0 Å². The summed E-state index contributed by atoms with van der Waals surface area (Å²) < 4.78 is 5.32. The Morgan fingerprint density at radius 1 is 1.33 bits per heavy atom. The Morgan fingerprint density at radius 3 is 2.83 bits per heavy atom. The van der Waals surface area contributed by atoms with Crippen molar-refractivity contribution < 1.29 is 14.6 Å². The largest absolute Gasteiger partial charge is 0.386 e.